The van der Waals surface area contributed by atoms with Gasteiger partial charge in [0.1, 0.15) is 18.3 Å². The topological polar surface area (TPSA) is 137 Å². The van der Waals surface area contributed by atoms with E-state index in [1.54, 1.807) is 6.92 Å². The minimum Gasteiger partial charge on any atom is -0.387 e. The molecule has 5 N–H and O–H groups in total. The van der Waals surface area contributed by atoms with Crippen LogP contribution in [0.2, 0.25) is 0 Å². The molecule has 0 unspecified atom stereocenters. The van der Waals surface area contributed by atoms with Crippen LogP contribution in [0.4, 0.5) is 0 Å². The number of aliphatic hydroxyl groups is 3. The molecule has 0 bridgehead atoms. The van der Waals surface area contributed by atoms with E-state index >= 15 is 0 Å². The molecule has 1 aliphatic rings. The third kappa shape index (κ3) is 13.5. The summed E-state index contributed by atoms with van der Waals surface area (Å²) in [5.41, 5.74) is 0. The number of likely N-dealkylation sites (N-methyl/N-ethyl adjacent to an activating group) is 1. The molecule has 35 heavy (non-hydrogen) atoms. The zero-order chi connectivity index (χ0) is 26.3. The van der Waals surface area contributed by atoms with Gasteiger partial charge in [0.15, 0.2) is 18.9 Å². The Morgan fingerprint density at radius 1 is 0.857 bits per heavy atom. The molecule has 2 amide bonds. The SMILES string of the molecule is CCO[C@@H]1O[C@H]([C@H](O)C(=O)NCCCCCCCCCCCCNC(=O)C[N+](C)(C)C)[C@H](O)[C@H]1O. The summed E-state index contributed by atoms with van der Waals surface area (Å²) in [6, 6.07) is 0. The molecular formula is C25H50N3O7+. The molecule has 1 aliphatic heterocycles. The van der Waals surface area contributed by atoms with Gasteiger partial charge in [-0.2, -0.15) is 0 Å². The first-order valence-electron chi connectivity index (χ1n) is 13.2. The Hall–Kier alpha value is -1.30. The van der Waals surface area contributed by atoms with Gasteiger partial charge >= 0.3 is 0 Å². The van der Waals surface area contributed by atoms with E-state index < -0.39 is 36.6 Å². The Labute approximate surface area is 210 Å². The highest BCUT2D eigenvalue weighted by molar-refractivity contribution is 5.81. The van der Waals surface area contributed by atoms with Crippen LogP contribution in [0, 0.1) is 0 Å². The minimum atomic E-state index is -1.57. The van der Waals surface area contributed by atoms with Crippen LogP contribution in [0.15, 0.2) is 0 Å². The van der Waals surface area contributed by atoms with Crippen molar-refractivity contribution in [2.45, 2.75) is 102 Å². The lowest BCUT2D eigenvalue weighted by atomic mass is 10.0. The Morgan fingerprint density at radius 2 is 1.34 bits per heavy atom. The highest BCUT2D eigenvalue weighted by atomic mass is 16.7. The largest absolute Gasteiger partial charge is 0.387 e. The van der Waals surface area contributed by atoms with E-state index in [0.29, 0.717) is 17.6 Å². The van der Waals surface area contributed by atoms with Gasteiger partial charge in [0, 0.05) is 19.7 Å². The molecule has 0 spiro atoms. The van der Waals surface area contributed by atoms with Crippen molar-refractivity contribution < 1.29 is 38.9 Å². The number of unbranched alkanes of at least 4 members (excludes halogenated alkanes) is 9. The third-order valence-corrected chi connectivity index (χ3v) is 6.01. The maximum Gasteiger partial charge on any atom is 0.275 e. The summed E-state index contributed by atoms with van der Waals surface area (Å²) in [6.07, 6.45) is 4.57. The molecule has 5 atom stereocenters. The summed E-state index contributed by atoms with van der Waals surface area (Å²) in [4.78, 5) is 23.9. The van der Waals surface area contributed by atoms with E-state index in [1.165, 1.54) is 25.7 Å². The van der Waals surface area contributed by atoms with E-state index in [4.69, 9.17) is 9.47 Å². The van der Waals surface area contributed by atoms with Crippen molar-refractivity contribution in [3.63, 3.8) is 0 Å². The molecule has 0 aromatic carbocycles. The molecule has 0 aromatic rings. The standard InChI is InChI=1S/C25H49N3O7/c1-5-34-25-21(31)20(30)23(35-25)22(32)24(33)27-17-15-13-11-9-7-6-8-10-12-14-16-26-19(29)18-28(2,3)4/h20-23,25,30-32H,5-18H2,1-4H3,(H-,26,27,29,33)/p+1/t20-,21-,22+,23+,25-/m1/s1. The van der Waals surface area contributed by atoms with Crippen molar-refractivity contribution in [3.05, 3.63) is 0 Å². The van der Waals surface area contributed by atoms with Gasteiger partial charge in [0.2, 0.25) is 0 Å². The van der Waals surface area contributed by atoms with Crippen molar-refractivity contribution in [2.24, 2.45) is 0 Å². The third-order valence-electron chi connectivity index (χ3n) is 6.01. The number of amides is 2. The van der Waals surface area contributed by atoms with E-state index in [2.05, 4.69) is 10.6 Å². The van der Waals surface area contributed by atoms with Crippen LogP contribution in [0.5, 0.6) is 0 Å². The zero-order valence-electron chi connectivity index (χ0n) is 22.2. The first kappa shape index (κ1) is 31.7. The summed E-state index contributed by atoms with van der Waals surface area (Å²) in [6.45, 7) is 3.72. The number of nitrogens with one attached hydrogen (secondary N) is 2. The molecule has 0 saturated carbocycles. The number of hydrogen-bond acceptors (Lipinski definition) is 7. The molecule has 0 radical (unpaired) electrons. The second kappa shape index (κ2) is 17.2. The number of aliphatic hydroxyl groups excluding tert-OH is 3. The Bertz CT molecular complexity index is 600. The average Bonchev–Trinajstić information content (AvgIpc) is 3.06. The van der Waals surface area contributed by atoms with Crippen LogP contribution in [-0.2, 0) is 19.1 Å². The minimum absolute atomic E-state index is 0.116. The van der Waals surface area contributed by atoms with Gasteiger partial charge in [0.05, 0.1) is 21.1 Å². The molecule has 1 heterocycles. The molecule has 1 rings (SSSR count). The van der Waals surface area contributed by atoms with Gasteiger partial charge in [-0.1, -0.05) is 51.4 Å². The quantitative estimate of drug-likeness (QED) is 0.129. The summed E-state index contributed by atoms with van der Waals surface area (Å²) >= 11 is 0. The summed E-state index contributed by atoms with van der Waals surface area (Å²) in [5.74, 6) is -0.503. The predicted octanol–water partition coefficient (Wildman–Crippen LogP) is 0.670. The lowest BCUT2D eigenvalue weighted by Crippen LogP contribution is -2.47. The number of quaternary nitrogens is 1. The monoisotopic (exact) mass is 504 g/mol. The molecule has 206 valence electrons. The molecule has 10 heteroatoms. The first-order valence-corrected chi connectivity index (χ1v) is 13.2. The molecule has 1 fully saturated rings. The number of carbonyl (C=O) groups excluding carboxylic acids is 2. The predicted molar refractivity (Wildman–Crippen MR) is 133 cm³/mol. The highest BCUT2D eigenvalue weighted by Gasteiger charge is 2.48. The number of hydrogen-bond donors (Lipinski definition) is 5. The Morgan fingerprint density at radius 3 is 1.83 bits per heavy atom. The Kier molecular flexibility index (Phi) is 15.6. The van der Waals surface area contributed by atoms with E-state index in [1.807, 2.05) is 21.1 Å². The van der Waals surface area contributed by atoms with Crippen LogP contribution in [0.3, 0.4) is 0 Å². The number of nitrogens with zero attached hydrogens (tertiary/aromatic N) is 1. The fraction of sp³-hybridized carbons (Fsp3) is 0.920. The van der Waals surface area contributed by atoms with Crippen molar-refractivity contribution in [3.8, 4) is 0 Å². The van der Waals surface area contributed by atoms with Crippen LogP contribution in [0.1, 0.15) is 71.1 Å². The normalized spacial score (nSPS) is 23.3. The van der Waals surface area contributed by atoms with Gasteiger partial charge in [-0.15, -0.1) is 0 Å². The molecule has 1 saturated heterocycles. The lowest BCUT2D eigenvalue weighted by Gasteiger charge is -2.22. The average molecular weight is 505 g/mol. The zero-order valence-corrected chi connectivity index (χ0v) is 22.2. The van der Waals surface area contributed by atoms with Gasteiger partial charge < -0.3 is 39.9 Å². The molecule has 10 nitrogen and oxygen atoms in total. The van der Waals surface area contributed by atoms with Crippen molar-refractivity contribution >= 4 is 11.8 Å². The van der Waals surface area contributed by atoms with E-state index in [-0.39, 0.29) is 12.5 Å². The lowest BCUT2D eigenvalue weighted by molar-refractivity contribution is -0.862. The van der Waals surface area contributed by atoms with Gasteiger partial charge in [-0.05, 0) is 19.8 Å². The number of carbonyl (C=O) groups is 2. The molecular weight excluding hydrogens is 454 g/mol. The van der Waals surface area contributed by atoms with Crippen LogP contribution < -0.4 is 10.6 Å². The molecule has 0 aromatic heterocycles. The second-order valence-electron chi connectivity index (χ2n) is 10.5. The highest BCUT2D eigenvalue weighted by Crippen LogP contribution is 2.24. The maximum absolute atomic E-state index is 12.1. The summed E-state index contributed by atoms with van der Waals surface area (Å²) < 4.78 is 11.1. The number of ether oxygens (including phenoxy) is 2. The fourth-order valence-corrected chi connectivity index (χ4v) is 4.08. The van der Waals surface area contributed by atoms with Crippen LogP contribution in [-0.4, -0.2) is 110 Å². The summed E-state index contributed by atoms with van der Waals surface area (Å²) in [5, 5.41) is 35.7. The van der Waals surface area contributed by atoms with Crippen LogP contribution >= 0.6 is 0 Å². The van der Waals surface area contributed by atoms with E-state index in [9.17, 15) is 24.9 Å². The van der Waals surface area contributed by atoms with Crippen molar-refractivity contribution in [1.29, 1.82) is 0 Å². The van der Waals surface area contributed by atoms with Gasteiger partial charge in [-0.3, -0.25) is 9.59 Å². The summed E-state index contributed by atoms with van der Waals surface area (Å²) in [7, 11) is 6.03. The molecule has 0 aliphatic carbocycles. The fourth-order valence-electron chi connectivity index (χ4n) is 4.08. The smallest absolute Gasteiger partial charge is 0.275 e. The van der Waals surface area contributed by atoms with Crippen molar-refractivity contribution in [1.82, 2.24) is 10.6 Å². The Balaban J connectivity index is 1.95. The van der Waals surface area contributed by atoms with Crippen molar-refractivity contribution in [2.75, 3.05) is 47.4 Å². The van der Waals surface area contributed by atoms with Gasteiger partial charge in [-0.25, -0.2) is 0 Å². The van der Waals surface area contributed by atoms with E-state index in [0.717, 1.165) is 45.1 Å². The van der Waals surface area contributed by atoms with Crippen LogP contribution in [0.25, 0.3) is 0 Å². The maximum atomic E-state index is 12.1. The number of rotatable bonds is 19. The second-order valence-corrected chi connectivity index (χ2v) is 10.5. The first-order chi connectivity index (χ1) is 16.6. The van der Waals surface area contributed by atoms with Gasteiger partial charge in [0.25, 0.3) is 11.8 Å².